The molecular formula is C22H18N2O4. The van der Waals surface area contributed by atoms with Crippen LogP contribution in [-0.2, 0) is 11.3 Å². The van der Waals surface area contributed by atoms with Crippen molar-refractivity contribution in [3.63, 3.8) is 0 Å². The molecular weight excluding hydrogens is 356 g/mol. The van der Waals surface area contributed by atoms with Gasteiger partial charge in [0.1, 0.15) is 18.0 Å². The lowest BCUT2D eigenvalue weighted by Crippen LogP contribution is -2.17. The van der Waals surface area contributed by atoms with Gasteiger partial charge in [-0.2, -0.15) is 0 Å². The van der Waals surface area contributed by atoms with Gasteiger partial charge in [0.15, 0.2) is 0 Å². The molecule has 140 valence electrons. The average molecular weight is 374 g/mol. The molecule has 2 aromatic carbocycles. The third-order valence-corrected chi connectivity index (χ3v) is 4.61. The first kappa shape index (κ1) is 17.7. The maximum Gasteiger partial charge on any atom is 0.339 e. The molecule has 0 saturated heterocycles. The predicted octanol–water partition coefficient (Wildman–Crippen LogP) is 3.52. The Hall–Kier alpha value is -3.67. The fraction of sp³-hybridized carbons (Fsp3) is 0.136. The van der Waals surface area contributed by atoms with Crippen molar-refractivity contribution < 1.29 is 14.3 Å². The first-order valence-corrected chi connectivity index (χ1v) is 8.79. The van der Waals surface area contributed by atoms with Crippen molar-refractivity contribution in [3.05, 3.63) is 88.0 Å². The van der Waals surface area contributed by atoms with Gasteiger partial charge in [0.05, 0.1) is 18.4 Å². The van der Waals surface area contributed by atoms with E-state index in [9.17, 15) is 9.59 Å². The number of methoxy groups -OCH3 is 1. The minimum Gasteiger partial charge on any atom is -0.496 e. The Morgan fingerprint density at radius 3 is 2.64 bits per heavy atom. The van der Waals surface area contributed by atoms with Crippen LogP contribution in [0.5, 0.6) is 5.75 Å². The molecule has 4 aromatic rings. The number of hydrogen-bond donors (Lipinski definition) is 0. The molecule has 0 aliphatic rings. The third kappa shape index (κ3) is 3.09. The van der Waals surface area contributed by atoms with Crippen molar-refractivity contribution in [1.29, 1.82) is 0 Å². The second-order valence-electron chi connectivity index (χ2n) is 6.41. The Kier molecular flexibility index (Phi) is 4.53. The van der Waals surface area contributed by atoms with Gasteiger partial charge in [0, 0.05) is 17.6 Å². The van der Waals surface area contributed by atoms with Crippen LogP contribution in [0.2, 0.25) is 0 Å². The van der Waals surface area contributed by atoms with E-state index in [4.69, 9.17) is 9.47 Å². The van der Waals surface area contributed by atoms with Crippen molar-refractivity contribution >= 4 is 22.4 Å². The number of benzene rings is 2. The first-order valence-electron chi connectivity index (χ1n) is 8.79. The Morgan fingerprint density at radius 2 is 1.86 bits per heavy atom. The Balaban J connectivity index is 1.64. The van der Waals surface area contributed by atoms with Gasteiger partial charge in [-0.25, -0.2) is 9.78 Å². The fourth-order valence-corrected chi connectivity index (χ4v) is 3.23. The summed E-state index contributed by atoms with van der Waals surface area (Å²) in [4.78, 5) is 29.4. The summed E-state index contributed by atoms with van der Waals surface area (Å²) in [5, 5.41) is 1.58. The van der Waals surface area contributed by atoms with Gasteiger partial charge >= 0.3 is 5.97 Å². The van der Waals surface area contributed by atoms with Crippen LogP contribution in [0, 0.1) is 6.92 Å². The lowest BCUT2D eigenvalue weighted by Gasteiger charge is -2.11. The van der Waals surface area contributed by atoms with Gasteiger partial charge in [0.2, 0.25) is 0 Å². The number of ether oxygens (including phenoxy) is 2. The molecule has 0 N–H and O–H groups in total. The molecule has 2 heterocycles. The lowest BCUT2D eigenvalue weighted by atomic mass is 10.0. The van der Waals surface area contributed by atoms with E-state index in [0.717, 1.165) is 16.3 Å². The Labute approximate surface area is 161 Å². The Bertz CT molecular complexity index is 1260. The van der Waals surface area contributed by atoms with Crippen molar-refractivity contribution in [3.8, 4) is 5.75 Å². The number of hydrogen-bond acceptors (Lipinski definition) is 5. The zero-order chi connectivity index (χ0) is 19.7. The van der Waals surface area contributed by atoms with E-state index in [1.807, 2.05) is 37.3 Å². The van der Waals surface area contributed by atoms with Crippen molar-refractivity contribution in [2.45, 2.75) is 13.5 Å². The maximum absolute atomic E-state index is 12.7. The molecule has 0 spiro atoms. The zero-order valence-corrected chi connectivity index (χ0v) is 15.5. The van der Waals surface area contributed by atoms with Gasteiger partial charge in [0.25, 0.3) is 5.56 Å². The minimum atomic E-state index is -0.481. The predicted molar refractivity (Wildman–Crippen MR) is 106 cm³/mol. The maximum atomic E-state index is 12.7. The molecule has 28 heavy (non-hydrogen) atoms. The molecule has 0 atom stereocenters. The molecule has 6 heteroatoms. The van der Waals surface area contributed by atoms with E-state index >= 15 is 0 Å². The summed E-state index contributed by atoms with van der Waals surface area (Å²) in [6, 6.07) is 15.9. The molecule has 2 aromatic heterocycles. The Morgan fingerprint density at radius 1 is 1.07 bits per heavy atom. The van der Waals surface area contributed by atoms with Crippen LogP contribution in [0.15, 0.2) is 65.6 Å². The van der Waals surface area contributed by atoms with Gasteiger partial charge in [-0.15, -0.1) is 0 Å². The quantitative estimate of drug-likeness (QED) is 0.511. The number of carbonyl (C=O) groups excluding carboxylic acids is 1. The SMILES string of the molecule is COc1ccc(C(=O)OCc2cc(=O)n3cccc(C)c3n2)c2ccccc12. The highest BCUT2D eigenvalue weighted by molar-refractivity contribution is 6.06. The standard InChI is InChI=1S/C22H18N2O4/c1-14-6-5-11-24-20(25)12-15(23-21(14)24)13-28-22(26)18-9-10-19(27-2)17-8-4-3-7-16(17)18/h3-12H,13H2,1-2H3. The average Bonchev–Trinajstić information content (AvgIpc) is 2.72. The van der Waals surface area contributed by atoms with Gasteiger partial charge in [-0.05, 0) is 36.1 Å². The summed E-state index contributed by atoms with van der Waals surface area (Å²) in [6.45, 7) is 1.79. The molecule has 0 aliphatic carbocycles. The monoisotopic (exact) mass is 374 g/mol. The molecule has 4 rings (SSSR count). The highest BCUT2D eigenvalue weighted by Gasteiger charge is 2.15. The van der Waals surface area contributed by atoms with Crippen molar-refractivity contribution in [2.75, 3.05) is 7.11 Å². The van der Waals surface area contributed by atoms with E-state index in [1.54, 1.807) is 31.5 Å². The summed E-state index contributed by atoms with van der Waals surface area (Å²) in [6.07, 6.45) is 1.66. The van der Waals surface area contributed by atoms with E-state index in [1.165, 1.54) is 10.5 Å². The zero-order valence-electron chi connectivity index (χ0n) is 15.5. The molecule has 0 bridgehead atoms. The number of aromatic nitrogens is 2. The number of carbonyl (C=O) groups is 1. The molecule has 0 saturated carbocycles. The molecule has 0 radical (unpaired) electrons. The third-order valence-electron chi connectivity index (χ3n) is 4.61. The summed E-state index contributed by atoms with van der Waals surface area (Å²) in [7, 11) is 1.59. The minimum absolute atomic E-state index is 0.0841. The van der Waals surface area contributed by atoms with E-state index < -0.39 is 5.97 Å². The van der Waals surface area contributed by atoms with Crippen LogP contribution in [0.25, 0.3) is 16.4 Å². The smallest absolute Gasteiger partial charge is 0.339 e. The normalized spacial score (nSPS) is 10.9. The summed E-state index contributed by atoms with van der Waals surface area (Å²) < 4.78 is 12.3. The summed E-state index contributed by atoms with van der Waals surface area (Å²) in [5.74, 6) is 0.206. The highest BCUT2D eigenvalue weighted by Crippen LogP contribution is 2.28. The lowest BCUT2D eigenvalue weighted by molar-refractivity contribution is 0.0470. The number of aryl methyl sites for hydroxylation is 1. The number of pyridine rings is 1. The van der Waals surface area contributed by atoms with Crippen molar-refractivity contribution in [1.82, 2.24) is 9.38 Å². The van der Waals surface area contributed by atoms with Crippen LogP contribution in [0.4, 0.5) is 0 Å². The van der Waals surface area contributed by atoms with E-state index in [0.29, 0.717) is 22.7 Å². The molecule has 0 aliphatic heterocycles. The number of esters is 1. The number of nitrogens with zero attached hydrogens (tertiary/aromatic N) is 2. The first-order chi connectivity index (χ1) is 13.6. The topological polar surface area (TPSA) is 69.9 Å². The largest absolute Gasteiger partial charge is 0.496 e. The van der Waals surface area contributed by atoms with Crippen LogP contribution in [0.1, 0.15) is 21.6 Å². The number of rotatable bonds is 4. The van der Waals surface area contributed by atoms with Gasteiger partial charge in [-0.3, -0.25) is 9.20 Å². The van der Waals surface area contributed by atoms with Gasteiger partial charge in [-0.1, -0.05) is 30.3 Å². The van der Waals surface area contributed by atoms with Gasteiger partial charge < -0.3 is 9.47 Å². The summed E-state index contributed by atoms with van der Waals surface area (Å²) >= 11 is 0. The molecule has 0 amide bonds. The van der Waals surface area contributed by atoms with E-state index in [2.05, 4.69) is 4.98 Å². The van der Waals surface area contributed by atoms with Crippen LogP contribution in [0.3, 0.4) is 0 Å². The second-order valence-corrected chi connectivity index (χ2v) is 6.41. The molecule has 0 unspecified atom stereocenters. The van der Waals surface area contributed by atoms with Crippen molar-refractivity contribution in [2.24, 2.45) is 0 Å². The highest BCUT2D eigenvalue weighted by atomic mass is 16.5. The van der Waals surface area contributed by atoms with Crippen LogP contribution >= 0.6 is 0 Å². The number of fused-ring (bicyclic) bond motifs is 2. The fourth-order valence-electron chi connectivity index (χ4n) is 3.23. The molecule has 6 nitrogen and oxygen atoms in total. The van der Waals surface area contributed by atoms with Crippen LogP contribution in [-0.4, -0.2) is 22.5 Å². The molecule has 0 fully saturated rings. The van der Waals surface area contributed by atoms with Crippen LogP contribution < -0.4 is 10.3 Å². The summed E-state index contributed by atoms with van der Waals surface area (Å²) in [5.41, 5.74) is 2.05. The van der Waals surface area contributed by atoms with E-state index in [-0.39, 0.29) is 12.2 Å². The second kappa shape index (κ2) is 7.15.